The molecule has 1 amide bonds. The standard InChI is InChI=1S/C21H23N3O2/c1-3-23-20(26)17-13(2)24-15-10-21(7-5-8-21)11-16(25)19(15)18(17)14-6-4-9-22-12-14/h4,6,9,12H,3,5,7-8,10-11H2,1-2H3,(H,23,26). The van der Waals surface area contributed by atoms with Crippen molar-refractivity contribution in [2.45, 2.75) is 46.0 Å². The van der Waals surface area contributed by atoms with Crippen LogP contribution in [0.25, 0.3) is 11.1 Å². The molecule has 134 valence electrons. The van der Waals surface area contributed by atoms with Gasteiger partial charge in [0.05, 0.1) is 17.0 Å². The number of hydrogen-bond donors (Lipinski definition) is 1. The van der Waals surface area contributed by atoms with Crippen LogP contribution in [0.3, 0.4) is 0 Å². The molecule has 2 aliphatic carbocycles. The highest BCUT2D eigenvalue weighted by atomic mass is 16.1. The Morgan fingerprint density at radius 1 is 1.27 bits per heavy atom. The molecule has 2 heterocycles. The monoisotopic (exact) mass is 349 g/mol. The molecule has 2 aliphatic rings. The van der Waals surface area contributed by atoms with E-state index in [1.165, 1.54) is 6.42 Å². The van der Waals surface area contributed by atoms with Crippen LogP contribution in [-0.2, 0) is 6.42 Å². The average molecular weight is 349 g/mol. The SMILES string of the molecule is CCNC(=O)c1c(C)nc2c(c1-c1cccnc1)C(=O)CC1(CCC1)C2. The first-order valence-corrected chi connectivity index (χ1v) is 9.30. The summed E-state index contributed by atoms with van der Waals surface area (Å²) in [5.41, 5.74) is 4.25. The van der Waals surface area contributed by atoms with Crippen LogP contribution >= 0.6 is 0 Å². The first-order valence-electron chi connectivity index (χ1n) is 9.30. The second-order valence-corrected chi connectivity index (χ2v) is 7.50. The van der Waals surface area contributed by atoms with E-state index in [1.54, 1.807) is 12.4 Å². The molecule has 1 saturated carbocycles. The number of rotatable bonds is 3. The lowest BCUT2D eigenvalue weighted by Crippen LogP contribution is -2.39. The Labute approximate surface area is 153 Å². The van der Waals surface area contributed by atoms with Crippen molar-refractivity contribution in [3.8, 4) is 11.1 Å². The molecule has 0 radical (unpaired) electrons. The van der Waals surface area contributed by atoms with Gasteiger partial charge in [0, 0.05) is 42.0 Å². The van der Waals surface area contributed by atoms with Crippen LogP contribution in [0.15, 0.2) is 24.5 Å². The van der Waals surface area contributed by atoms with Crippen LogP contribution in [-0.4, -0.2) is 28.2 Å². The predicted octanol–water partition coefficient (Wildman–Crippen LogP) is 3.50. The first kappa shape index (κ1) is 16.9. The fourth-order valence-electron chi connectivity index (χ4n) is 4.40. The van der Waals surface area contributed by atoms with Crippen LogP contribution in [0.5, 0.6) is 0 Å². The van der Waals surface area contributed by atoms with Gasteiger partial charge >= 0.3 is 0 Å². The number of amides is 1. The topological polar surface area (TPSA) is 72.0 Å². The lowest BCUT2D eigenvalue weighted by atomic mass is 9.59. The molecule has 0 saturated heterocycles. The lowest BCUT2D eigenvalue weighted by Gasteiger charge is -2.44. The second kappa shape index (κ2) is 6.31. The van der Waals surface area contributed by atoms with Crippen LogP contribution in [0.1, 0.15) is 64.7 Å². The molecular weight excluding hydrogens is 326 g/mol. The normalized spacial score (nSPS) is 17.5. The van der Waals surface area contributed by atoms with Gasteiger partial charge in [0.25, 0.3) is 5.91 Å². The number of carbonyl (C=O) groups excluding carboxylic acids is 2. The van der Waals surface area contributed by atoms with E-state index in [2.05, 4.69) is 10.3 Å². The molecule has 5 nitrogen and oxygen atoms in total. The maximum absolute atomic E-state index is 13.1. The van der Waals surface area contributed by atoms with Gasteiger partial charge in [0.15, 0.2) is 5.78 Å². The summed E-state index contributed by atoms with van der Waals surface area (Å²) in [6.45, 7) is 4.27. The summed E-state index contributed by atoms with van der Waals surface area (Å²) in [7, 11) is 0. The summed E-state index contributed by atoms with van der Waals surface area (Å²) < 4.78 is 0. The molecule has 26 heavy (non-hydrogen) atoms. The van der Waals surface area contributed by atoms with Crippen LogP contribution in [0.4, 0.5) is 0 Å². The number of Topliss-reactive ketones (excluding diaryl/α,β-unsaturated/α-hetero) is 1. The van der Waals surface area contributed by atoms with E-state index in [-0.39, 0.29) is 17.1 Å². The molecule has 0 aliphatic heterocycles. The number of pyridine rings is 2. The van der Waals surface area contributed by atoms with Gasteiger partial charge in [-0.25, -0.2) is 0 Å². The maximum Gasteiger partial charge on any atom is 0.253 e. The number of hydrogen-bond acceptors (Lipinski definition) is 4. The van der Waals surface area contributed by atoms with Crippen LogP contribution < -0.4 is 5.32 Å². The zero-order valence-electron chi connectivity index (χ0n) is 15.3. The maximum atomic E-state index is 13.1. The third kappa shape index (κ3) is 2.62. The summed E-state index contributed by atoms with van der Waals surface area (Å²) in [6.07, 6.45) is 8.19. The first-order chi connectivity index (χ1) is 12.5. The number of aryl methyl sites for hydroxylation is 1. The zero-order valence-corrected chi connectivity index (χ0v) is 15.3. The number of nitrogens with one attached hydrogen (secondary N) is 1. The molecule has 5 heteroatoms. The number of nitrogens with zero attached hydrogens (tertiary/aromatic N) is 2. The molecule has 0 bridgehead atoms. The number of fused-ring (bicyclic) bond motifs is 1. The van der Waals surface area contributed by atoms with E-state index in [4.69, 9.17) is 4.98 Å². The average Bonchev–Trinajstić information content (AvgIpc) is 2.59. The predicted molar refractivity (Wildman–Crippen MR) is 99.1 cm³/mol. The van der Waals surface area contributed by atoms with Gasteiger partial charge in [-0.1, -0.05) is 12.5 Å². The highest BCUT2D eigenvalue weighted by Gasteiger charge is 2.45. The van der Waals surface area contributed by atoms with Crippen molar-refractivity contribution in [1.82, 2.24) is 15.3 Å². The van der Waals surface area contributed by atoms with Gasteiger partial charge in [-0.3, -0.25) is 19.6 Å². The minimum atomic E-state index is -0.184. The minimum absolute atomic E-state index is 0.100. The quantitative estimate of drug-likeness (QED) is 0.920. The molecule has 4 rings (SSSR count). The summed E-state index contributed by atoms with van der Waals surface area (Å²) in [5.74, 6) is -0.0706. The Morgan fingerprint density at radius 3 is 2.69 bits per heavy atom. The van der Waals surface area contributed by atoms with E-state index in [0.29, 0.717) is 35.3 Å². The van der Waals surface area contributed by atoms with E-state index >= 15 is 0 Å². The fourth-order valence-corrected chi connectivity index (χ4v) is 4.40. The van der Waals surface area contributed by atoms with Crippen molar-refractivity contribution in [2.75, 3.05) is 6.54 Å². The highest BCUT2D eigenvalue weighted by Crippen LogP contribution is 2.51. The molecule has 1 fully saturated rings. The molecular formula is C21H23N3O2. The number of carbonyl (C=O) groups is 2. The van der Waals surface area contributed by atoms with E-state index in [0.717, 1.165) is 30.5 Å². The Bertz CT molecular complexity index is 886. The Balaban J connectivity index is 1.96. The molecule has 0 aromatic carbocycles. The molecule has 2 aromatic rings. The Hall–Kier alpha value is -2.56. The van der Waals surface area contributed by atoms with E-state index in [1.807, 2.05) is 26.0 Å². The molecule has 2 aromatic heterocycles. The number of ketones is 1. The summed E-state index contributed by atoms with van der Waals surface area (Å²) in [6, 6.07) is 3.74. The summed E-state index contributed by atoms with van der Waals surface area (Å²) in [5, 5.41) is 2.86. The highest BCUT2D eigenvalue weighted by molar-refractivity contribution is 6.11. The third-order valence-electron chi connectivity index (χ3n) is 5.74. The van der Waals surface area contributed by atoms with Crippen molar-refractivity contribution in [3.05, 3.63) is 47.0 Å². The van der Waals surface area contributed by atoms with Crippen molar-refractivity contribution in [3.63, 3.8) is 0 Å². The fraction of sp³-hybridized carbons (Fsp3) is 0.429. The third-order valence-corrected chi connectivity index (χ3v) is 5.74. The smallest absolute Gasteiger partial charge is 0.253 e. The number of aromatic nitrogens is 2. The van der Waals surface area contributed by atoms with Crippen LogP contribution in [0.2, 0.25) is 0 Å². The van der Waals surface area contributed by atoms with Gasteiger partial charge < -0.3 is 5.32 Å². The second-order valence-electron chi connectivity index (χ2n) is 7.50. The van der Waals surface area contributed by atoms with E-state index in [9.17, 15) is 9.59 Å². The van der Waals surface area contributed by atoms with E-state index < -0.39 is 0 Å². The molecule has 1 N–H and O–H groups in total. The zero-order chi connectivity index (χ0) is 18.3. The molecule has 0 atom stereocenters. The summed E-state index contributed by atoms with van der Waals surface area (Å²) in [4.78, 5) is 34.8. The Kier molecular flexibility index (Phi) is 4.10. The van der Waals surface area contributed by atoms with Gasteiger partial charge in [0.1, 0.15) is 0 Å². The molecule has 1 spiro atoms. The van der Waals surface area contributed by atoms with Crippen molar-refractivity contribution in [2.24, 2.45) is 5.41 Å². The van der Waals surface area contributed by atoms with Crippen molar-refractivity contribution < 1.29 is 9.59 Å². The van der Waals surface area contributed by atoms with Crippen molar-refractivity contribution >= 4 is 11.7 Å². The lowest BCUT2D eigenvalue weighted by molar-refractivity contribution is 0.0706. The van der Waals surface area contributed by atoms with Gasteiger partial charge in [0.2, 0.25) is 0 Å². The summed E-state index contributed by atoms with van der Waals surface area (Å²) >= 11 is 0. The van der Waals surface area contributed by atoms with Gasteiger partial charge in [-0.2, -0.15) is 0 Å². The van der Waals surface area contributed by atoms with Crippen LogP contribution in [0, 0.1) is 12.3 Å². The Morgan fingerprint density at radius 2 is 2.08 bits per heavy atom. The largest absolute Gasteiger partial charge is 0.352 e. The van der Waals surface area contributed by atoms with Crippen molar-refractivity contribution in [1.29, 1.82) is 0 Å². The minimum Gasteiger partial charge on any atom is -0.352 e. The van der Waals surface area contributed by atoms with Gasteiger partial charge in [-0.15, -0.1) is 0 Å². The molecule has 0 unspecified atom stereocenters. The van der Waals surface area contributed by atoms with Gasteiger partial charge in [-0.05, 0) is 44.6 Å².